The van der Waals surface area contributed by atoms with E-state index in [-0.39, 0.29) is 34.8 Å². The Morgan fingerprint density at radius 3 is 2.79 bits per heavy atom. The summed E-state index contributed by atoms with van der Waals surface area (Å²) in [6.07, 6.45) is 1.38. The number of amidine groups is 1. The molecule has 0 saturated carbocycles. The summed E-state index contributed by atoms with van der Waals surface area (Å²) in [4.78, 5) is 14.8. The Balaban J connectivity index is 1.41. The molecule has 1 amide bonds. The van der Waals surface area contributed by atoms with Crippen LogP contribution in [0.3, 0.4) is 0 Å². The zero-order valence-electron chi connectivity index (χ0n) is 17.8. The molecule has 1 saturated heterocycles. The van der Waals surface area contributed by atoms with E-state index in [9.17, 15) is 22.0 Å². The molecule has 2 aliphatic heterocycles. The van der Waals surface area contributed by atoms with Crippen molar-refractivity contribution in [1.82, 2.24) is 10.2 Å². The number of carbonyl (C=O) groups excluding carboxylic acids is 1. The molecule has 2 heterocycles. The molecular formula is C22H23F2N3O5S. The van der Waals surface area contributed by atoms with Crippen LogP contribution in [0.25, 0.3) is 0 Å². The van der Waals surface area contributed by atoms with Crippen molar-refractivity contribution < 1.29 is 31.5 Å². The number of fused-ring (bicyclic) bond motifs is 1. The van der Waals surface area contributed by atoms with Crippen molar-refractivity contribution >= 4 is 21.8 Å². The summed E-state index contributed by atoms with van der Waals surface area (Å²) in [5.74, 6) is -0.0906. The lowest BCUT2D eigenvalue weighted by Gasteiger charge is -2.33. The maximum absolute atomic E-state index is 12.8. The smallest absolute Gasteiger partial charge is 0.387 e. The quantitative estimate of drug-likeness (QED) is 0.685. The predicted molar refractivity (Wildman–Crippen MR) is 116 cm³/mol. The van der Waals surface area contributed by atoms with E-state index >= 15 is 0 Å². The fourth-order valence-electron chi connectivity index (χ4n) is 4.05. The first-order valence-corrected chi connectivity index (χ1v) is 11.8. The Hall–Kier alpha value is -3.21. The van der Waals surface area contributed by atoms with Crippen molar-refractivity contribution in [2.75, 3.05) is 20.2 Å². The van der Waals surface area contributed by atoms with Gasteiger partial charge in [0.05, 0.1) is 13.0 Å². The molecular weight excluding hydrogens is 456 g/mol. The normalized spacial score (nSPS) is 19.1. The number of nitrogens with zero attached hydrogens (tertiary/aromatic N) is 2. The minimum atomic E-state index is -3.73. The van der Waals surface area contributed by atoms with Gasteiger partial charge in [0, 0.05) is 25.2 Å². The number of piperidine rings is 1. The monoisotopic (exact) mass is 479 g/mol. The first kappa shape index (κ1) is 23.0. The van der Waals surface area contributed by atoms with E-state index in [0.29, 0.717) is 42.9 Å². The lowest BCUT2D eigenvalue weighted by atomic mass is 9.96. The van der Waals surface area contributed by atoms with Crippen molar-refractivity contribution in [3.63, 3.8) is 0 Å². The van der Waals surface area contributed by atoms with Gasteiger partial charge < -0.3 is 19.7 Å². The van der Waals surface area contributed by atoms with Crippen LogP contribution in [0.1, 0.15) is 24.0 Å². The summed E-state index contributed by atoms with van der Waals surface area (Å²) in [7, 11) is -2.39. The molecule has 1 unspecified atom stereocenters. The third-order valence-corrected chi connectivity index (χ3v) is 6.94. The van der Waals surface area contributed by atoms with E-state index in [0.717, 1.165) is 0 Å². The highest BCUT2D eigenvalue weighted by Gasteiger charge is 2.35. The molecule has 0 bridgehead atoms. The van der Waals surface area contributed by atoms with Crippen LogP contribution in [0.2, 0.25) is 0 Å². The van der Waals surface area contributed by atoms with Crippen LogP contribution in [0.15, 0.2) is 51.8 Å². The topological polar surface area (TPSA) is 97.3 Å². The number of halogens is 2. The minimum Gasteiger partial charge on any atom is -0.493 e. The van der Waals surface area contributed by atoms with Gasteiger partial charge in [0.25, 0.3) is 10.0 Å². The average Bonchev–Trinajstić information content (AvgIpc) is 3.09. The second kappa shape index (κ2) is 9.34. The molecule has 2 aromatic rings. The van der Waals surface area contributed by atoms with E-state index in [1.54, 1.807) is 24.3 Å². The number of sulfonamides is 1. The van der Waals surface area contributed by atoms with Crippen LogP contribution < -0.4 is 14.8 Å². The van der Waals surface area contributed by atoms with Crippen LogP contribution in [0.5, 0.6) is 11.5 Å². The lowest BCUT2D eigenvalue weighted by molar-refractivity contribution is -0.126. The van der Waals surface area contributed by atoms with E-state index in [2.05, 4.69) is 14.5 Å². The van der Waals surface area contributed by atoms with Crippen LogP contribution in [0, 0.1) is 5.92 Å². The summed E-state index contributed by atoms with van der Waals surface area (Å²) < 4.78 is 63.1. The largest absolute Gasteiger partial charge is 0.493 e. The molecule has 1 fully saturated rings. The average molecular weight is 480 g/mol. The fraction of sp³-hybridized carbons (Fsp3) is 0.364. The summed E-state index contributed by atoms with van der Waals surface area (Å²) in [5.41, 5.74) is 1.21. The third kappa shape index (κ3) is 4.92. The van der Waals surface area contributed by atoms with Gasteiger partial charge in [0.1, 0.15) is 4.90 Å². The van der Waals surface area contributed by atoms with E-state index < -0.39 is 16.6 Å². The molecule has 176 valence electrons. The van der Waals surface area contributed by atoms with Gasteiger partial charge in [-0.25, -0.2) is 0 Å². The first-order chi connectivity index (χ1) is 15.8. The highest BCUT2D eigenvalue weighted by atomic mass is 32.2. The molecule has 11 heteroatoms. The van der Waals surface area contributed by atoms with Gasteiger partial charge in [-0.15, -0.1) is 4.40 Å². The van der Waals surface area contributed by atoms with Gasteiger partial charge in [-0.3, -0.25) is 4.79 Å². The summed E-state index contributed by atoms with van der Waals surface area (Å²) in [6.45, 7) is -1.84. The molecule has 1 N–H and O–H groups in total. The number of hydrogen-bond acceptors (Lipinski definition) is 6. The first-order valence-electron chi connectivity index (χ1n) is 10.4. The molecule has 33 heavy (non-hydrogen) atoms. The lowest BCUT2D eigenvalue weighted by Crippen LogP contribution is -2.45. The zero-order chi connectivity index (χ0) is 23.6. The Kier molecular flexibility index (Phi) is 6.50. The van der Waals surface area contributed by atoms with Crippen molar-refractivity contribution in [2.24, 2.45) is 10.3 Å². The van der Waals surface area contributed by atoms with Gasteiger partial charge in [-0.05, 0) is 42.7 Å². The molecule has 1 atom stereocenters. The SMILES string of the molecule is COc1cc(CNC(=O)C2CCCN(C3=NS(=O)(=O)c4ccccc43)C2)ccc1OC(F)F. The Bertz CT molecular complexity index is 1190. The zero-order valence-corrected chi connectivity index (χ0v) is 18.6. The molecule has 0 spiro atoms. The number of alkyl halides is 2. The minimum absolute atomic E-state index is 0.0851. The number of hydrogen-bond donors (Lipinski definition) is 1. The molecule has 4 rings (SSSR count). The molecule has 2 aliphatic rings. The second-order valence-electron chi connectivity index (χ2n) is 7.75. The van der Waals surface area contributed by atoms with Crippen LogP contribution in [0.4, 0.5) is 8.78 Å². The maximum atomic E-state index is 12.8. The van der Waals surface area contributed by atoms with Crippen molar-refractivity contribution in [2.45, 2.75) is 30.9 Å². The van der Waals surface area contributed by atoms with Gasteiger partial charge in [-0.1, -0.05) is 18.2 Å². The summed E-state index contributed by atoms with van der Waals surface area (Å²) >= 11 is 0. The molecule has 8 nitrogen and oxygen atoms in total. The highest BCUT2D eigenvalue weighted by Crippen LogP contribution is 2.31. The fourth-order valence-corrected chi connectivity index (χ4v) is 5.28. The molecule has 0 aliphatic carbocycles. The summed E-state index contributed by atoms with van der Waals surface area (Å²) in [5, 5.41) is 2.86. The predicted octanol–water partition coefficient (Wildman–Crippen LogP) is 2.77. The number of benzene rings is 2. The number of carbonyl (C=O) groups is 1. The van der Waals surface area contributed by atoms with Gasteiger partial charge in [0.15, 0.2) is 17.3 Å². The highest BCUT2D eigenvalue weighted by molar-refractivity contribution is 7.90. The van der Waals surface area contributed by atoms with Crippen LogP contribution in [-0.4, -0.2) is 51.9 Å². The van der Waals surface area contributed by atoms with Gasteiger partial charge >= 0.3 is 6.61 Å². The molecule has 0 radical (unpaired) electrons. The van der Waals surface area contributed by atoms with E-state index in [4.69, 9.17) is 4.74 Å². The van der Waals surface area contributed by atoms with Crippen molar-refractivity contribution in [1.29, 1.82) is 0 Å². The number of methoxy groups -OCH3 is 1. The van der Waals surface area contributed by atoms with E-state index in [1.165, 1.54) is 25.3 Å². The van der Waals surface area contributed by atoms with Gasteiger partial charge in [-0.2, -0.15) is 17.2 Å². The van der Waals surface area contributed by atoms with Gasteiger partial charge in [0.2, 0.25) is 5.91 Å². The number of rotatable bonds is 6. The summed E-state index contributed by atoms with van der Waals surface area (Å²) in [6, 6.07) is 11.1. The second-order valence-corrected chi connectivity index (χ2v) is 9.33. The Labute approximate surface area is 190 Å². The standard InChI is InChI=1S/C22H23F2N3O5S/c1-31-18-11-14(8-9-17(18)32-22(23)24)12-25-21(28)15-5-4-10-27(13-15)20-16-6-2-3-7-19(16)33(29,30)26-20/h2-3,6-9,11,15,22H,4-5,10,12-13H2,1H3,(H,25,28). The Morgan fingerprint density at radius 2 is 2.03 bits per heavy atom. The molecule has 2 aromatic carbocycles. The number of ether oxygens (including phenoxy) is 2. The number of likely N-dealkylation sites (tertiary alicyclic amines) is 1. The number of amides is 1. The Morgan fingerprint density at radius 1 is 1.24 bits per heavy atom. The van der Waals surface area contributed by atoms with E-state index in [1.807, 2.05) is 4.90 Å². The maximum Gasteiger partial charge on any atom is 0.387 e. The third-order valence-electron chi connectivity index (χ3n) is 5.62. The van der Waals surface area contributed by atoms with Crippen molar-refractivity contribution in [3.8, 4) is 11.5 Å². The number of nitrogens with one attached hydrogen (secondary N) is 1. The van der Waals surface area contributed by atoms with Crippen LogP contribution in [-0.2, 0) is 21.4 Å². The van der Waals surface area contributed by atoms with Crippen molar-refractivity contribution in [3.05, 3.63) is 53.6 Å². The molecule has 0 aromatic heterocycles. The van der Waals surface area contributed by atoms with Crippen LogP contribution >= 0.6 is 0 Å².